The van der Waals surface area contributed by atoms with Crippen molar-refractivity contribution in [1.29, 1.82) is 0 Å². The highest BCUT2D eigenvalue weighted by molar-refractivity contribution is 6.06. The van der Waals surface area contributed by atoms with Crippen LogP contribution >= 0.6 is 0 Å². The van der Waals surface area contributed by atoms with Crippen LogP contribution in [0.15, 0.2) is 18.5 Å². The highest BCUT2D eigenvalue weighted by Gasteiger charge is 2.54. The fourth-order valence-electron chi connectivity index (χ4n) is 7.14. The van der Waals surface area contributed by atoms with E-state index in [1.165, 1.54) is 12.8 Å². The monoisotopic (exact) mass is 423 g/mol. The molecule has 4 N–H and O–H groups in total. The highest BCUT2D eigenvalue weighted by atomic mass is 16.3. The van der Waals surface area contributed by atoms with Gasteiger partial charge in [-0.1, -0.05) is 0 Å². The minimum Gasteiger partial charge on any atom is -0.390 e. The van der Waals surface area contributed by atoms with Gasteiger partial charge in [-0.2, -0.15) is 0 Å². The molecule has 166 valence electrons. The number of hydrogen-bond donors (Lipinski definition) is 4. The van der Waals surface area contributed by atoms with Gasteiger partial charge in [0.15, 0.2) is 0 Å². The van der Waals surface area contributed by atoms with E-state index in [1.807, 2.05) is 12.3 Å². The van der Waals surface area contributed by atoms with Crippen molar-refractivity contribution in [3.8, 4) is 0 Å². The van der Waals surface area contributed by atoms with E-state index in [1.54, 1.807) is 6.20 Å². The van der Waals surface area contributed by atoms with Crippen LogP contribution < -0.4 is 10.6 Å². The fraction of sp³-hybridized carbons (Fsp3) is 0.667. The number of H-pyrrole nitrogens is 1. The van der Waals surface area contributed by atoms with Crippen molar-refractivity contribution in [3.63, 3.8) is 0 Å². The van der Waals surface area contributed by atoms with E-state index in [9.17, 15) is 9.90 Å². The van der Waals surface area contributed by atoms with Crippen LogP contribution in [0.25, 0.3) is 11.0 Å². The molecule has 1 saturated heterocycles. The number of aromatic nitrogens is 2. The average Bonchev–Trinajstić information content (AvgIpc) is 3.20. The molecule has 2 unspecified atom stereocenters. The third-order valence-electron chi connectivity index (χ3n) is 8.44. The van der Waals surface area contributed by atoms with E-state index in [-0.39, 0.29) is 11.9 Å². The molecule has 2 aromatic heterocycles. The van der Waals surface area contributed by atoms with Gasteiger partial charge in [0.1, 0.15) is 5.65 Å². The van der Waals surface area contributed by atoms with Gasteiger partial charge in [-0.15, -0.1) is 0 Å². The summed E-state index contributed by atoms with van der Waals surface area (Å²) in [6, 6.07) is 2.54. The number of amides is 1. The van der Waals surface area contributed by atoms with Crippen LogP contribution in [0.4, 0.5) is 5.69 Å². The molecule has 5 fully saturated rings. The molecule has 31 heavy (non-hydrogen) atoms. The third kappa shape index (κ3) is 3.42. The van der Waals surface area contributed by atoms with Crippen molar-refractivity contribution in [2.24, 2.45) is 17.8 Å². The van der Waals surface area contributed by atoms with Crippen molar-refractivity contribution in [2.45, 2.75) is 62.6 Å². The first kappa shape index (κ1) is 19.6. The lowest BCUT2D eigenvalue weighted by atomic mass is 9.52. The zero-order valence-corrected chi connectivity index (χ0v) is 18.2. The van der Waals surface area contributed by atoms with Crippen LogP contribution in [0.2, 0.25) is 0 Å². The van der Waals surface area contributed by atoms with Crippen molar-refractivity contribution in [1.82, 2.24) is 20.2 Å². The van der Waals surface area contributed by atoms with Crippen LogP contribution in [0.3, 0.4) is 0 Å². The van der Waals surface area contributed by atoms with Crippen LogP contribution in [-0.2, 0) is 0 Å². The maximum Gasteiger partial charge on any atom is 0.255 e. The Morgan fingerprint density at radius 1 is 1.23 bits per heavy atom. The Balaban J connectivity index is 1.29. The number of hydrogen-bond acceptors (Lipinski definition) is 5. The standard InChI is InChI=1S/C24H33N5O2/c1-29-6-3-17(4-7-29)27-23(30)19-13-26-22-18(2-5-25-22)21(19)28-20-15-8-14-9-16(20)12-24(31,10-14)11-15/h2,5,13-17,20,31H,3-4,6-12H2,1H3,(H,27,30)(H2,25,26,28)/t14?,15?,16?,20-,24+. The number of likely N-dealkylation sites (tertiary alicyclic amines) is 1. The second kappa shape index (κ2) is 7.20. The first-order chi connectivity index (χ1) is 15.0. The Morgan fingerprint density at radius 2 is 1.97 bits per heavy atom. The number of nitrogens with one attached hydrogen (secondary N) is 3. The van der Waals surface area contributed by atoms with Crippen LogP contribution in [0, 0.1) is 17.8 Å². The van der Waals surface area contributed by atoms with Crippen LogP contribution in [0.5, 0.6) is 0 Å². The number of piperidine rings is 1. The molecule has 2 atom stereocenters. The maximum atomic E-state index is 13.3. The molecule has 5 aliphatic rings. The number of carbonyl (C=O) groups excluding carboxylic acids is 1. The second-order valence-electron chi connectivity index (χ2n) is 10.7. The van der Waals surface area contributed by atoms with Gasteiger partial charge in [-0.05, 0) is 88.9 Å². The molecule has 1 amide bonds. The minimum absolute atomic E-state index is 0.0323. The smallest absolute Gasteiger partial charge is 0.255 e. The van der Waals surface area contributed by atoms with Gasteiger partial charge in [-0.25, -0.2) is 4.98 Å². The lowest BCUT2D eigenvalue weighted by molar-refractivity contribution is -0.129. The van der Waals surface area contributed by atoms with Gasteiger partial charge in [0, 0.05) is 29.9 Å². The van der Waals surface area contributed by atoms with Crippen LogP contribution in [-0.4, -0.2) is 63.7 Å². The summed E-state index contributed by atoms with van der Waals surface area (Å²) < 4.78 is 0. The van der Waals surface area contributed by atoms with Crippen molar-refractivity contribution in [2.75, 3.05) is 25.5 Å². The molecule has 2 aromatic rings. The number of pyridine rings is 1. The predicted octanol–water partition coefficient (Wildman–Crippen LogP) is 2.74. The maximum absolute atomic E-state index is 13.3. The predicted molar refractivity (Wildman–Crippen MR) is 120 cm³/mol. The van der Waals surface area contributed by atoms with Crippen molar-refractivity contribution >= 4 is 22.6 Å². The molecule has 4 saturated carbocycles. The van der Waals surface area contributed by atoms with E-state index < -0.39 is 5.60 Å². The van der Waals surface area contributed by atoms with Crippen molar-refractivity contribution < 1.29 is 9.90 Å². The summed E-state index contributed by atoms with van der Waals surface area (Å²) in [5, 5.41) is 19.0. The van der Waals surface area contributed by atoms with Gasteiger partial charge >= 0.3 is 0 Å². The second-order valence-corrected chi connectivity index (χ2v) is 10.7. The number of carbonyl (C=O) groups is 1. The van der Waals surface area contributed by atoms with Crippen LogP contribution in [0.1, 0.15) is 55.3 Å². The molecule has 0 spiro atoms. The molecule has 7 rings (SSSR count). The molecule has 4 aliphatic carbocycles. The average molecular weight is 424 g/mol. The molecular formula is C24H33N5O2. The number of nitrogens with zero attached hydrogens (tertiary/aromatic N) is 2. The van der Waals surface area contributed by atoms with Gasteiger partial charge in [-0.3, -0.25) is 4.79 Å². The first-order valence-corrected chi connectivity index (χ1v) is 11.9. The Kier molecular flexibility index (Phi) is 4.54. The van der Waals surface area contributed by atoms with E-state index in [2.05, 4.69) is 32.5 Å². The third-order valence-corrected chi connectivity index (χ3v) is 8.44. The molecule has 4 bridgehead atoms. The van der Waals surface area contributed by atoms with Gasteiger partial charge in [0.2, 0.25) is 0 Å². The Bertz CT molecular complexity index is 979. The SMILES string of the molecule is CN1CCC(NC(=O)c2cnc3[nH]ccc3c2N[C@H]2C3CC4CC2C[C@@](O)(C4)C3)CC1. The number of anilines is 1. The van der Waals surface area contributed by atoms with E-state index in [0.29, 0.717) is 29.4 Å². The van der Waals surface area contributed by atoms with E-state index in [0.717, 1.165) is 61.9 Å². The largest absolute Gasteiger partial charge is 0.390 e. The van der Waals surface area contributed by atoms with E-state index in [4.69, 9.17) is 0 Å². The van der Waals surface area contributed by atoms with Gasteiger partial charge in [0.05, 0.1) is 16.9 Å². The number of aliphatic hydroxyl groups is 1. The molecule has 0 aromatic carbocycles. The number of aromatic amines is 1. The normalized spacial score (nSPS) is 35.5. The molecule has 7 nitrogen and oxygen atoms in total. The lowest BCUT2D eigenvalue weighted by Gasteiger charge is -2.58. The lowest BCUT2D eigenvalue weighted by Crippen LogP contribution is -2.59. The molecule has 0 radical (unpaired) electrons. The summed E-state index contributed by atoms with van der Waals surface area (Å²) in [6.45, 7) is 2.03. The minimum atomic E-state index is -0.454. The quantitative estimate of drug-likeness (QED) is 0.607. The summed E-state index contributed by atoms with van der Waals surface area (Å²) in [5.74, 6) is 1.58. The highest BCUT2D eigenvalue weighted by Crippen LogP contribution is 2.56. The Morgan fingerprint density at radius 3 is 2.68 bits per heavy atom. The number of fused-ring (bicyclic) bond motifs is 1. The van der Waals surface area contributed by atoms with Gasteiger partial charge < -0.3 is 25.6 Å². The van der Waals surface area contributed by atoms with Gasteiger partial charge in [0.25, 0.3) is 5.91 Å². The summed E-state index contributed by atoms with van der Waals surface area (Å²) >= 11 is 0. The molecule has 3 heterocycles. The summed E-state index contributed by atoms with van der Waals surface area (Å²) in [5.41, 5.74) is 1.89. The first-order valence-electron chi connectivity index (χ1n) is 11.9. The zero-order chi connectivity index (χ0) is 21.2. The molecule has 7 heteroatoms. The summed E-state index contributed by atoms with van der Waals surface area (Å²) in [6.07, 6.45) is 10.7. The molecular weight excluding hydrogens is 390 g/mol. The topological polar surface area (TPSA) is 93.3 Å². The zero-order valence-electron chi connectivity index (χ0n) is 18.2. The Hall–Kier alpha value is -2.12. The van der Waals surface area contributed by atoms with E-state index >= 15 is 0 Å². The van der Waals surface area contributed by atoms with Crippen molar-refractivity contribution in [3.05, 3.63) is 24.0 Å². The Labute approximate surface area is 183 Å². The number of rotatable bonds is 4. The summed E-state index contributed by atoms with van der Waals surface area (Å²) in [7, 11) is 2.13. The molecule has 1 aliphatic heterocycles. The fourth-order valence-corrected chi connectivity index (χ4v) is 7.14. The summed E-state index contributed by atoms with van der Waals surface area (Å²) in [4.78, 5) is 23.3.